The van der Waals surface area contributed by atoms with E-state index in [1.807, 2.05) is 6.92 Å². The van der Waals surface area contributed by atoms with Crippen LogP contribution in [-0.2, 0) is 9.53 Å². The molecule has 136 valence electrons. The number of hydrogen-bond acceptors (Lipinski definition) is 7. The second-order valence-electron chi connectivity index (χ2n) is 6.16. The van der Waals surface area contributed by atoms with Crippen LogP contribution in [0.4, 0.5) is 0 Å². The maximum absolute atomic E-state index is 12.4. The second-order valence-corrected chi connectivity index (χ2v) is 6.16. The molecule has 3 rings (SSSR count). The molecule has 2 aromatic rings. The van der Waals surface area contributed by atoms with Crippen molar-refractivity contribution in [3.8, 4) is 0 Å². The molecule has 0 aliphatic carbocycles. The molecule has 1 saturated heterocycles. The normalized spacial score (nSPS) is 29.7. The van der Waals surface area contributed by atoms with Crippen LogP contribution in [0.15, 0.2) is 27.4 Å². The van der Waals surface area contributed by atoms with Crippen LogP contribution in [0.1, 0.15) is 18.7 Å². The van der Waals surface area contributed by atoms with Gasteiger partial charge in [-0.1, -0.05) is 6.07 Å². The van der Waals surface area contributed by atoms with Crippen molar-refractivity contribution in [3.05, 3.63) is 34.3 Å². The van der Waals surface area contributed by atoms with Crippen LogP contribution in [0, 0.1) is 6.92 Å². The van der Waals surface area contributed by atoms with Crippen molar-refractivity contribution >= 4 is 17.0 Å². The minimum Gasteiger partial charge on any atom is -0.408 e. The maximum atomic E-state index is 12.4. The van der Waals surface area contributed by atoms with E-state index in [9.17, 15) is 24.9 Å². The number of benzene rings is 1. The van der Waals surface area contributed by atoms with E-state index in [4.69, 9.17) is 9.15 Å². The molecule has 4 N–H and O–H groups in total. The fourth-order valence-electron chi connectivity index (χ4n) is 3.09. The van der Waals surface area contributed by atoms with E-state index in [-0.39, 0.29) is 0 Å². The van der Waals surface area contributed by atoms with Crippen LogP contribution >= 0.6 is 0 Å². The average Bonchev–Trinajstić information content (AvgIpc) is 2.87. The first-order valence-electron chi connectivity index (χ1n) is 7.84. The molecule has 25 heavy (non-hydrogen) atoms. The third-order valence-corrected chi connectivity index (χ3v) is 4.29. The van der Waals surface area contributed by atoms with Gasteiger partial charge in [0.15, 0.2) is 11.8 Å². The van der Waals surface area contributed by atoms with E-state index in [0.29, 0.717) is 11.1 Å². The van der Waals surface area contributed by atoms with Crippen molar-refractivity contribution in [2.75, 3.05) is 6.61 Å². The molecular formula is C16H20N2O7. The van der Waals surface area contributed by atoms with Crippen LogP contribution < -0.4 is 11.1 Å². The van der Waals surface area contributed by atoms with Crippen molar-refractivity contribution in [1.82, 2.24) is 9.88 Å². The minimum absolute atomic E-state index is 0.321. The van der Waals surface area contributed by atoms with Crippen molar-refractivity contribution < 1.29 is 29.3 Å². The Hall–Kier alpha value is -2.20. The number of oxazole rings is 1. The van der Waals surface area contributed by atoms with Gasteiger partial charge in [0.25, 0.3) is 0 Å². The van der Waals surface area contributed by atoms with Crippen molar-refractivity contribution in [2.45, 2.75) is 44.4 Å². The first-order valence-corrected chi connectivity index (χ1v) is 7.84. The lowest BCUT2D eigenvalue weighted by Gasteiger charge is -2.42. The summed E-state index contributed by atoms with van der Waals surface area (Å²) < 4.78 is 12.0. The highest BCUT2D eigenvalue weighted by atomic mass is 16.5. The van der Waals surface area contributed by atoms with Gasteiger partial charge in [0, 0.05) is 6.92 Å². The molecular weight excluding hydrogens is 332 g/mol. The lowest BCUT2D eigenvalue weighted by molar-refractivity contribution is -0.216. The number of aromatic nitrogens is 1. The van der Waals surface area contributed by atoms with E-state index in [2.05, 4.69) is 5.32 Å². The standard InChI is InChI=1S/C16H20N2O7/c1-7-3-4-10-9(5-7)18(16(23)25-10)15-12(17-8(2)20)14(22)13(21)11(6-19)24-15/h3-5,11-15,19,21-22H,6H2,1-2H3,(H,17,20)/t11-,12+,13+,14-,15-/m0/s1. The second kappa shape index (κ2) is 6.60. The van der Waals surface area contributed by atoms with Gasteiger partial charge in [-0.3, -0.25) is 4.79 Å². The number of nitrogens with one attached hydrogen (secondary N) is 1. The fraction of sp³-hybridized carbons (Fsp3) is 0.500. The summed E-state index contributed by atoms with van der Waals surface area (Å²) in [5.74, 6) is -1.20. The number of amides is 1. The zero-order valence-electron chi connectivity index (χ0n) is 13.7. The number of nitrogens with zero attached hydrogens (tertiary/aromatic N) is 1. The molecule has 0 unspecified atom stereocenters. The van der Waals surface area contributed by atoms with E-state index in [0.717, 1.165) is 5.56 Å². The number of ether oxygens (including phenoxy) is 1. The number of aryl methyl sites for hydroxylation is 1. The first-order chi connectivity index (χ1) is 11.8. The molecule has 0 radical (unpaired) electrons. The molecule has 0 bridgehead atoms. The maximum Gasteiger partial charge on any atom is 0.422 e. The third-order valence-electron chi connectivity index (χ3n) is 4.29. The highest BCUT2D eigenvalue weighted by Gasteiger charge is 2.46. The minimum atomic E-state index is -1.44. The highest BCUT2D eigenvalue weighted by Crippen LogP contribution is 2.30. The molecule has 0 spiro atoms. The Morgan fingerprint density at radius 1 is 1.32 bits per heavy atom. The van der Waals surface area contributed by atoms with Crippen molar-refractivity contribution in [2.24, 2.45) is 0 Å². The Morgan fingerprint density at radius 2 is 2.04 bits per heavy atom. The van der Waals surface area contributed by atoms with Crippen LogP contribution in [0.2, 0.25) is 0 Å². The van der Waals surface area contributed by atoms with Crippen molar-refractivity contribution in [1.29, 1.82) is 0 Å². The monoisotopic (exact) mass is 352 g/mol. The molecule has 5 atom stereocenters. The van der Waals surface area contributed by atoms with E-state index in [1.54, 1.807) is 18.2 Å². The van der Waals surface area contributed by atoms with Gasteiger partial charge in [0.2, 0.25) is 5.91 Å². The van der Waals surface area contributed by atoms with Crippen LogP contribution in [0.3, 0.4) is 0 Å². The van der Waals surface area contributed by atoms with E-state index < -0.39 is 48.9 Å². The first kappa shape index (κ1) is 17.6. The Morgan fingerprint density at radius 3 is 2.68 bits per heavy atom. The number of aliphatic hydroxyl groups is 3. The zero-order chi connectivity index (χ0) is 18.3. The zero-order valence-corrected chi connectivity index (χ0v) is 13.7. The summed E-state index contributed by atoms with van der Waals surface area (Å²) in [6, 6.07) is 4.01. The predicted molar refractivity (Wildman–Crippen MR) is 85.8 cm³/mol. The SMILES string of the molecule is CC(=O)N[C@@H]1[C@H](O)[C@H](O)[C@H](CO)O[C@@H]1n1c(=O)oc2ccc(C)cc21. The molecule has 9 nitrogen and oxygen atoms in total. The predicted octanol–water partition coefficient (Wildman–Crippen LogP) is -0.981. The highest BCUT2D eigenvalue weighted by molar-refractivity contribution is 5.75. The van der Waals surface area contributed by atoms with E-state index >= 15 is 0 Å². The van der Waals surface area contributed by atoms with Crippen molar-refractivity contribution in [3.63, 3.8) is 0 Å². The van der Waals surface area contributed by atoms with Gasteiger partial charge in [0.05, 0.1) is 12.1 Å². The molecule has 1 aromatic carbocycles. The molecule has 1 aromatic heterocycles. The van der Waals surface area contributed by atoms with Crippen LogP contribution in [0.25, 0.3) is 11.1 Å². The van der Waals surface area contributed by atoms with Gasteiger partial charge >= 0.3 is 5.76 Å². The molecule has 1 fully saturated rings. The van der Waals surface area contributed by atoms with Gasteiger partial charge in [0.1, 0.15) is 24.4 Å². The molecule has 1 amide bonds. The van der Waals surface area contributed by atoms with Gasteiger partial charge in [-0.25, -0.2) is 9.36 Å². The summed E-state index contributed by atoms with van der Waals surface area (Å²) in [6.07, 6.45) is -5.14. The smallest absolute Gasteiger partial charge is 0.408 e. The van der Waals surface area contributed by atoms with Gasteiger partial charge in [-0.2, -0.15) is 0 Å². The van der Waals surface area contributed by atoms with Gasteiger partial charge in [-0.05, 0) is 24.6 Å². The fourth-order valence-corrected chi connectivity index (χ4v) is 3.09. The Kier molecular flexibility index (Phi) is 4.65. The van der Waals surface area contributed by atoms with Gasteiger partial charge in [-0.15, -0.1) is 0 Å². The molecule has 0 saturated carbocycles. The van der Waals surface area contributed by atoms with Crippen LogP contribution in [-0.4, -0.2) is 56.8 Å². The Balaban J connectivity index is 2.14. The number of carbonyl (C=O) groups is 1. The lowest BCUT2D eigenvalue weighted by atomic mass is 9.95. The number of rotatable bonds is 3. The average molecular weight is 352 g/mol. The largest absolute Gasteiger partial charge is 0.422 e. The summed E-state index contributed by atoms with van der Waals surface area (Å²) in [7, 11) is 0. The summed E-state index contributed by atoms with van der Waals surface area (Å²) in [4.78, 5) is 23.9. The van der Waals surface area contributed by atoms with E-state index in [1.165, 1.54) is 11.5 Å². The topological polar surface area (TPSA) is 134 Å². The summed E-state index contributed by atoms with van der Waals surface area (Å²) in [6.45, 7) is 2.52. The van der Waals surface area contributed by atoms with Gasteiger partial charge < -0.3 is 29.8 Å². The third kappa shape index (κ3) is 3.07. The molecule has 9 heteroatoms. The number of aliphatic hydroxyl groups excluding tert-OH is 3. The summed E-state index contributed by atoms with van der Waals surface area (Å²) >= 11 is 0. The number of hydrogen-bond donors (Lipinski definition) is 4. The Bertz CT molecular complexity index is 843. The van der Waals surface area contributed by atoms with Crippen LogP contribution in [0.5, 0.6) is 0 Å². The quantitative estimate of drug-likeness (QED) is 0.558. The summed E-state index contributed by atoms with van der Waals surface area (Å²) in [5.41, 5.74) is 1.61. The molecule has 1 aliphatic heterocycles. The Labute approximate surface area is 142 Å². The lowest BCUT2D eigenvalue weighted by Crippen LogP contribution is -2.62. The number of fused-ring (bicyclic) bond motifs is 1. The molecule has 1 aliphatic rings. The molecule has 2 heterocycles. The number of carbonyl (C=O) groups excluding carboxylic acids is 1. The summed E-state index contributed by atoms with van der Waals surface area (Å²) in [5, 5.41) is 32.3.